The van der Waals surface area contributed by atoms with Crippen LogP contribution < -0.4 is 10.9 Å². The van der Waals surface area contributed by atoms with Gasteiger partial charge in [0.05, 0.1) is 0 Å². The number of nitriles is 1. The molecule has 2 N–H and O–H groups in total. The molecule has 0 aliphatic carbocycles. The topological polar surface area (TPSA) is 95.1 Å². The van der Waals surface area contributed by atoms with Gasteiger partial charge >= 0.3 is 0 Å². The highest BCUT2D eigenvalue weighted by molar-refractivity contribution is 5.72. The molecule has 1 rings (SSSR count). The summed E-state index contributed by atoms with van der Waals surface area (Å²) in [6.45, 7) is 3.28. The summed E-state index contributed by atoms with van der Waals surface area (Å²) in [6.07, 6.45) is 0. The van der Waals surface area contributed by atoms with Crippen molar-refractivity contribution in [1.82, 2.24) is 9.88 Å². The van der Waals surface area contributed by atoms with Crippen molar-refractivity contribution in [1.29, 1.82) is 5.26 Å². The Morgan fingerprint density at radius 2 is 2.29 bits per heavy atom. The Hall–Kier alpha value is -2.29. The fourth-order valence-electron chi connectivity index (χ4n) is 1.45. The molecule has 1 aromatic rings. The van der Waals surface area contributed by atoms with Crippen LogP contribution in [0.3, 0.4) is 0 Å². The van der Waals surface area contributed by atoms with E-state index in [0.717, 1.165) is 4.57 Å². The van der Waals surface area contributed by atoms with E-state index in [1.54, 1.807) is 13.0 Å². The first-order valence-corrected chi connectivity index (χ1v) is 5.05. The molecule has 0 aromatic carbocycles. The summed E-state index contributed by atoms with van der Waals surface area (Å²) >= 11 is 0. The van der Waals surface area contributed by atoms with E-state index in [2.05, 4.69) is 5.32 Å². The van der Waals surface area contributed by atoms with Gasteiger partial charge in [-0.15, -0.1) is 0 Å². The molecule has 0 radical (unpaired) electrons. The number of nitrogens with zero attached hydrogens (tertiary/aromatic N) is 2. The largest absolute Gasteiger partial charge is 0.494 e. The van der Waals surface area contributed by atoms with E-state index in [1.165, 1.54) is 13.0 Å². The Morgan fingerprint density at radius 3 is 2.82 bits per heavy atom. The van der Waals surface area contributed by atoms with Crippen LogP contribution in [0.2, 0.25) is 0 Å². The third kappa shape index (κ3) is 2.84. The number of carbonyl (C=O) groups is 1. The number of amides is 1. The maximum atomic E-state index is 11.8. The lowest BCUT2D eigenvalue weighted by molar-refractivity contribution is -0.118. The molecule has 0 spiro atoms. The molecule has 0 fully saturated rings. The third-order valence-electron chi connectivity index (χ3n) is 2.30. The Bertz CT molecular complexity index is 540. The van der Waals surface area contributed by atoms with Gasteiger partial charge in [-0.3, -0.25) is 14.2 Å². The quantitative estimate of drug-likeness (QED) is 0.762. The van der Waals surface area contributed by atoms with Crippen molar-refractivity contribution in [3.8, 4) is 11.9 Å². The summed E-state index contributed by atoms with van der Waals surface area (Å²) in [5.74, 6) is -0.429. The predicted octanol–water partition coefficient (Wildman–Crippen LogP) is -0.130. The van der Waals surface area contributed by atoms with Crippen LogP contribution in [0.4, 0.5) is 0 Å². The Morgan fingerprint density at radius 1 is 1.65 bits per heavy atom. The molecule has 17 heavy (non-hydrogen) atoms. The first-order chi connectivity index (χ1) is 7.97. The molecular formula is C11H13N3O3. The number of nitrogens with one attached hydrogen (secondary N) is 1. The summed E-state index contributed by atoms with van der Waals surface area (Å²) in [5.41, 5.74) is -0.105. The number of hydrogen-bond acceptors (Lipinski definition) is 4. The molecule has 1 amide bonds. The van der Waals surface area contributed by atoms with Gasteiger partial charge in [0.15, 0.2) is 5.88 Å². The monoisotopic (exact) mass is 235 g/mol. The van der Waals surface area contributed by atoms with Crippen LogP contribution in [0.1, 0.15) is 18.1 Å². The normalized spacial score (nSPS) is 9.71. The van der Waals surface area contributed by atoms with Crippen LogP contribution in [0.25, 0.3) is 0 Å². The SMILES string of the molecule is CC(=O)NCCn1c(O)cc(C)c(C#N)c1=O. The number of aromatic nitrogens is 1. The van der Waals surface area contributed by atoms with E-state index >= 15 is 0 Å². The highest BCUT2D eigenvalue weighted by Gasteiger charge is 2.11. The number of carbonyl (C=O) groups excluding carboxylic acids is 1. The second kappa shape index (κ2) is 5.16. The highest BCUT2D eigenvalue weighted by Crippen LogP contribution is 2.11. The van der Waals surface area contributed by atoms with Crippen LogP contribution in [-0.2, 0) is 11.3 Å². The van der Waals surface area contributed by atoms with Crippen molar-refractivity contribution in [3.63, 3.8) is 0 Å². The van der Waals surface area contributed by atoms with Gasteiger partial charge in [0.2, 0.25) is 5.91 Å². The van der Waals surface area contributed by atoms with E-state index in [9.17, 15) is 14.7 Å². The van der Waals surface area contributed by atoms with Crippen molar-refractivity contribution >= 4 is 5.91 Å². The molecule has 0 saturated heterocycles. The van der Waals surface area contributed by atoms with E-state index < -0.39 is 5.56 Å². The lowest BCUT2D eigenvalue weighted by atomic mass is 10.1. The number of aromatic hydroxyl groups is 1. The first kappa shape index (κ1) is 12.8. The molecule has 1 aromatic heterocycles. The Kier molecular flexibility index (Phi) is 3.88. The van der Waals surface area contributed by atoms with Gasteiger partial charge < -0.3 is 10.4 Å². The van der Waals surface area contributed by atoms with Crippen LogP contribution >= 0.6 is 0 Å². The molecule has 6 nitrogen and oxygen atoms in total. The average Bonchev–Trinajstić information content (AvgIpc) is 2.22. The van der Waals surface area contributed by atoms with Crippen LogP contribution in [0, 0.1) is 18.3 Å². The molecular weight excluding hydrogens is 222 g/mol. The van der Waals surface area contributed by atoms with Gasteiger partial charge in [0.1, 0.15) is 11.6 Å². The lowest BCUT2D eigenvalue weighted by Gasteiger charge is -2.10. The maximum Gasteiger partial charge on any atom is 0.271 e. The number of hydrogen-bond donors (Lipinski definition) is 2. The average molecular weight is 235 g/mol. The zero-order valence-corrected chi connectivity index (χ0v) is 9.65. The summed E-state index contributed by atoms with van der Waals surface area (Å²) in [5, 5.41) is 20.9. The van der Waals surface area contributed by atoms with Gasteiger partial charge in [0, 0.05) is 26.1 Å². The van der Waals surface area contributed by atoms with Gasteiger partial charge in [-0.05, 0) is 12.5 Å². The van der Waals surface area contributed by atoms with Gasteiger partial charge in [-0.2, -0.15) is 5.26 Å². The van der Waals surface area contributed by atoms with Crippen molar-refractivity contribution in [2.24, 2.45) is 0 Å². The van der Waals surface area contributed by atoms with Crippen LogP contribution in [0.15, 0.2) is 10.9 Å². The highest BCUT2D eigenvalue weighted by atomic mass is 16.3. The molecule has 0 aliphatic rings. The fourth-order valence-corrected chi connectivity index (χ4v) is 1.45. The molecule has 6 heteroatoms. The first-order valence-electron chi connectivity index (χ1n) is 5.05. The Labute approximate surface area is 98.1 Å². The molecule has 0 saturated carbocycles. The molecule has 1 heterocycles. The second-order valence-corrected chi connectivity index (χ2v) is 3.61. The Balaban J connectivity index is 3.05. The predicted molar refractivity (Wildman–Crippen MR) is 60.5 cm³/mol. The number of pyridine rings is 1. The molecule has 0 bridgehead atoms. The van der Waals surface area contributed by atoms with Crippen molar-refractivity contribution in [3.05, 3.63) is 27.5 Å². The van der Waals surface area contributed by atoms with E-state index in [-0.39, 0.29) is 30.4 Å². The molecule has 90 valence electrons. The molecule has 0 aliphatic heterocycles. The minimum Gasteiger partial charge on any atom is -0.494 e. The molecule has 0 atom stereocenters. The van der Waals surface area contributed by atoms with Crippen molar-refractivity contribution < 1.29 is 9.90 Å². The van der Waals surface area contributed by atoms with Gasteiger partial charge in [-0.1, -0.05) is 0 Å². The molecule has 0 unspecified atom stereocenters. The second-order valence-electron chi connectivity index (χ2n) is 3.61. The van der Waals surface area contributed by atoms with E-state index in [4.69, 9.17) is 5.26 Å². The zero-order chi connectivity index (χ0) is 13.0. The maximum absolute atomic E-state index is 11.8. The summed E-state index contributed by atoms with van der Waals surface area (Å²) in [6, 6.07) is 3.15. The number of rotatable bonds is 3. The zero-order valence-electron chi connectivity index (χ0n) is 9.65. The number of aryl methyl sites for hydroxylation is 1. The summed E-state index contributed by atoms with van der Waals surface area (Å²) in [7, 11) is 0. The van der Waals surface area contributed by atoms with Crippen molar-refractivity contribution in [2.75, 3.05) is 6.54 Å². The van der Waals surface area contributed by atoms with Gasteiger partial charge in [-0.25, -0.2) is 0 Å². The van der Waals surface area contributed by atoms with E-state index in [1.807, 2.05) is 0 Å². The fraction of sp³-hybridized carbons (Fsp3) is 0.364. The van der Waals surface area contributed by atoms with Crippen LogP contribution in [0.5, 0.6) is 5.88 Å². The van der Waals surface area contributed by atoms with Gasteiger partial charge in [0.25, 0.3) is 5.56 Å². The summed E-state index contributed by atoms with van der Waals surface area (Å²) < 4.78 is 1.06. The minimum atomic E-state index is -0.546. The third-order valence-corrected chi connectivity index (χ3v) is 2.30. The lowest BCUT2D eigenvalue weighted by Crippen LogP contribution is -2.30. The summed E-state index contributed by atoms with van der Waals surface area (Å²) in [4.78, 5) is 22.5. The van der Waals surface area contributed by atoms with Crippen LogP contribution in [-0.4, -0.2) is 22.1 Å². The minimum absolute atomic E-state index is 0.00521. The van der Waals surface area contributed by atoms with Crippen molar-refractivity contribution in [2.45, 2.75) is 20.4 Å². The van der Waals surface area contributed by atoms with E-state index in [0.29, 0.717) is 5.56 Å². The smallest absolute Gasteiger partial charge is 0.271 e. The standard InChI is InChI=1S/C11H13N3O3/c1-7-5-10(16)14(4-3-13-8(2)15)11(17)9(7)6-12/h5,16H,3-4H2,1-2H3,(H,13,15).